The SMILES string of the molecule is CC(C)N(CC(=O)O)C(=O)c1ccc(=O)n(-c2ccccc2)n1. The maximum Gasteiger partial charge on any atom is 0.323 e. The number of benzene rings is 1. The molecule has 1 amide bonds. The molecule has 1 heterocycles. The molecular weight excluding hydrogens is 298 g/mol. The standard InChI is InChI=1S/C16H17N3O4/c1-11(2)18(10-15(21)22)16(23)13-8-9-14(20)19(17-13)12-6-4-3-5-7-12/h3-9,11H,10H2,1-2H3,(H,21,22). The van der Waals surface area contributed by atoms with E-state index in [0.29, 0.717) is 5.69 Å². The second kappa shape index (κ2) is 6.87. The van der Waals surface area contributed by atoms with Crippen molar-refractivity contribution in [1.29, 1.82) is 0 Å². The van der Waals surface area contributed by atoms with Gasteiger partial charge in [0.15, 0.2) is 0 Å². The number of rotatable bonds is 5. The Kier molecular flexibility index (Phi) is 4.90. The molecule has 0 aliphatic heterocycles. The van der Waals surface area contributed by atoms with Crippen LogP contribution in [0, 0.1) is 0 Å². The molecule has 0 aliphatic rings. The minimum absolute atomic E-state index is 0.0170. The van der Waals surface area contributed by atoms with Crippen LogP contribution in [0.1, 0.15) is 24.3 Å². The molecule has 0 aliphatic carbocycles. The van der Waals surface area contributed by atoms with Gasteiger partial charge in [-0.25, -0.2) is 0 Å². The summed E-state index contributed by atoms with van der Waals surface area (Å²) in [5.41, 5.74) is 0.173. The zero-order chi connectivity index (χ0) is 17.0. The molecule has 0 spiro atoms. The number of carbonyl (C=O) groups excluding carboxylic acids is 1. The zero-order valence-electron chi connectivity index (χ0n) is 12.8. The van der Waals surface area contributed by atoms with Crippen LogP contribution in [0.5, 0.6) is 0 Å². The Morgan fingerprint density at radius 3 is 2.39 bits per heavy atom. The smallest absolute Gasteiger partial charge is 0.323 e. The van der Waals surface area contributed by atoms with Crippen LogP contribution in [0.4, 0.5) is 0 Å². The first-order chi connectivity index (χ1) is 10.9. The molecule has 0 saturated heterocycles. The van der Waals surface area contributed by atoms with Crippen molar-refractivity contribution in [1.82, 2.24) is 14.7 Å². The fourth-order valence-electron chi connectivity index (χ4n) is 2.06. The molecule has 0 radical (unpaired) electrons. The van der Waals surface area contributed by atoms with Crippen LogP contribution in [0.2, 0.25) is 0 Å². The maximum absolute atomic E-state index is 12.5. The molecule has 7 heteroatoms. The van der Waals surface area contributed by atoms with Gasteiger partial charge >= 0.3 is 5.97 Å². The van der Waals surface area contributed by atoms with Crippen molar-refractivity contribution in [2.24, 2.45) is 0 Å². The monoisotopic (exact) mass is 315 g/mol. The van der Waals surface area contributed by atoms with Gasteiger partial charge in [-0.3, -0.25) is 14.4 Å². The molecule has 2 aromatic rings. The molecular formula is C16H17N3O4. The Balaban J connectivity index is 2.42. The van der Waals surface area contributed by atoms with E-state index in [0.717, 1.165) is 4.68 Å². The van der Waals surface area contributed by atoms with Gasteiger partial charge in [-0.15, -0.1) is 0 Å². The summed E-state index contributed by atoms with van der Waals surface area (Å²) in [6, 6.07) is 10.9. The van der Waals surface area contributed by atoms with Crippen LogP contribution in [0.25, 0.3) is 5.69 Å². The predicted octanol–water partition coefficient (Wildman–Crippen LogP) is 1.17. The number of carbonyl (C=O) groups is 2. The predicted molar refractivity (Wildman–Crippen MR) is 83.6 cm³/mol. The molecule has 0 bridgehead atoms. The number of aromatic nitrogens is 2. The fraction of sp³-hybridized carbons (Fsp3) is 0.250. The van der Waals surface area contributed by atoms with E-state index in [1.807, 2.05) is 0 Å². The summed E-state index contributed by atoms with van der Waals surface area (Å²) < 4.78 is 1.12. The lowest BCUT2D eigenvalue weighted by molar-refractivity contribution is -0.138. The molecule has 23 heavy (non-hydrogen) atoms. The molecule has 1 N–H and O–H groups in total. The number of nitrogens with zero attached hydrogens (tertiary/aromatic N) is 3. The van der Waals surface area contributed by atoms with E-state index in [4.69, 9.17) is 5.11 Å². The van der Waals surface area contributed by atoms with Gasteiger partial charge in [0.1, 0.15) is 12.2 Å². The van der Waals surface area contributed by atoms with Crippen molar-refractivity contribution in [3.63, 3.8) is 0 Å². The third-order valence-electron chi connectivity index (χ3n) is 3.21. The Morgan fingerprint density at radius 2 is 1.83 bits per heavy atom. The van der Waals surface area contributed by atoms with E-state index in [9.17, 15) is 14.4 Å². The molecule has 0 atom stereocenters. The van der Waals surface area contributed by atoms with Gasteiger partial charge in [-0.2, -0.15) is 9.78 Å². The van der Waals surface area contributed by atoms with E-state index in [1.165, 1.54) is 17.0 Å². The number of aliphatic carboxylic acids is 1. The first-order valence-corrected chi connectivity index (χ1v) is 7.08. The van der Waals surface area contributed by atoms with Gasteiger partial charge in [0, 0.05) is 12.1 Å². The van der Waals surface area contributed by atoms with Crippen molar-refractivity contribution in [3.8, 4) is 5.69 Å². The lowest BCUT2D eigenvalue weighted by atomic mass is 10.2. The molecule has 7 nitrogen and oxygen atoms in total. The average molecular weight is 315 g/mol. The van der Waals surface area contributed by atoms with Crippen LogP contribution in [-0.4, -0.2) is 44.3 Å². The van der Waals surface area contributed by atoms with Gasteiger partial charge in [0.2, 0.25) is 0 Å². The van der Waals surface area contributed by atoms with Gasteiger partial charge in [-0.05, 0) is 32.0 Å². The van der Waals surface area contributed by atoms with Crippen LogP contribution >= 0.6 is 0 Å². The number of hydrogen-bond donors (Lipinski definition) is 1. The summed E-state index contributed by atoms with van der Waals surface area (Å²) >= 11 is 0. The van der Waals surface area contributed by atoms with Crippen LogP contribution in [0.15, 0.2) is 47.3 Å². The van der Waals surface area contributed by atoms with E-state index in [-0.39, 0.29) is 17.3 Å². The van der Waals surface area contributed by atoms with E-state index >= 15 is 0 Å². The Bertz CT molecular complexity index is 768. The molecule has 0 saturated carbocycles. The Morgan fingerprint density at radius 1 is 1.17 bits per heavy atom. The number of carboxylic acids is 1. The molecule has 120 valence electrons. The quantitative estimate of drug-likeness (QED) is 0.894. The molecule has 2 rings (SSSR count). The minimum Gasteiger partial charge on any atom is -0.480 e. The number of para-hydroxylation sites is 1. The largest absolute Gasteiger partial charge is 0.480 e. The highest BCUT2D eigenvalue weighted by atomic mass is 16.4. The topological polar surface area (TPSA) is 92.5 Å². The first kappa shape index (κ1) is 16.4. The highest BCUT2D eigenvalue weighted by Crippen LogP contribution is 2.07. The molecule has 1 aromatic carbocycles. The minimum atomic E-state index is -1.11. The Labute approximate surface area is 132 Å². The first-order valence-electron chi connectivity index (χ1n) is 7.08. The summed E-state index contributed by atoms with van der Waals surface area (Å²) in [5, 5.41) is 13.0. The van der Waals surface area contributed by atoms with Crippen molar-refractivity contribution in [2.45, 2.75) is 19.9 Å². The van der Waals surface area contributed by atoms with Gasteiger partial charge in [0.25, 0.3) is 11.5 Å². The molecule has 0 unspecified atom stereocenters. The summed E-state index contributed by atoms with van der Waals surface area (Å²) in [6.45, 7) is 3.00. The normalized spacial score (nSPS) is 10.6. The molecule has 1 aromatic heterocycles. The third kappa shape index (κ3) is 3.82. The maximum atomic E-state index is 12.5. The van der Waals surface area contributed by atoms with Crippen molar-refractivity contribution < 1.29 is 14.7 Å². The van der Waals surface area contributed by atoms with E-state index in [1.54, 1.807) is 44.2 Å². The van der Waals surface area contributed by atoms with Gasteiger partial charge in [-0.1, -0.05) is 18.2 Å². The lowest BCUT2D eigenvalue weighted by Gasteiger charge is -2.24. The number of amides is 1. The van der Waals surface area contributed by atoms with Crippen molar-refractivity contribution in [3.05, 3.63) is 58.5 Å². The Hall–Kier alpha value is -2.96. The summed E-state index contributed by atoms with van der Waals surface area (Å²) in [7, 11) is 0. The second-order valence-corrected chi connectivity index (χ2v) is 5.22. The summed E-state index contributed by atoms with van der Waals surface area (Å²) in [4.78, 5) is 36.6. The highest BCUT2D eigenvalue weighted by molar-refractivity contribution is 5.94. The second-order valence-electron chi connectivity index (χ2n) is 5.22. The highest BCUT2D eigenvalue weighted by Gasteiger charge is 2.23. The van der Waals surface area contributed by atoms with Crippen LogP contribution in [-0.2, 0) is 4.79 Å². The summed E-state index contributed by atoms with van der Waals surface area (Å²) in [6.07, 6.45) is 0. The summed E-state index contributed by atoms with van der Waals surface area (Å²) in [5.74, 6) is -1.64. The van der Waals surface area contributed by atoms with Crippen molar-refractivity contribution in [2.75, 3.05) is 6.54 Å². The number of carboxylic acid groups (broad SMARTS) is 1. The number of hydrogen-bond acceptors (Lipinski definition) is 4. The lowest BCUT2D eigenvalue weighted by Crippen LogP contribution is -2.41. The van der Waals surface area contributed by atoms with Crippen LogP contribution in [0.3, 0.4) is 0 Å². The zero-order valence-corrected chi connectivity index (χ0v) is 12.8. The van der Waals surface area contributed by atoms with Crippen molar-refractivity contribution >= 4 is 11.9 Å². The third-order valence-corrected chi connectivity index (χ3v) is 3.21. The van der Waals surface area contributed by atoms with Gasteiger partial charge < -0.3 is 10.0 Å². The average Bonchev–Trinajstić information content (AvgIpc) is 2.53. The van der Waals surface area contributed by atoms with Crippen LogP contribution < -0.4 is 5.56 Å². The van der Waals surface area contributed by atoms with E-state index < -0.39 is 18.4 Å². The van der Waals surface area contributed by atoms with Gasteiger partial charge in [0.05, 0.1) is 5.69 Å². The molecule has 0 fully saturated rings. The van der Waals surface area contributed by atoms with E-state index in [2.05, 4.69) is 5.10 Å². The fourth-order valence-corrected chi connectivity index (χ4v) is 2.06.